The Morgan fingerprint density at radius 2 is 1.79 bits per heavy atom. The summed E-state index contributed by atoms with van der Waals surface area (Å²) >= 11 is 6.05. The Balaban J connectivity index is 1.21. The van der Waals surface area contributed by atoms with Crippen LogP contribution in [0.2, 0.25) is 5.02 Å². The van der Waals surface area contributed by atoms with Gasteiger partial charge in [0.25, 0.3) is 5.91 Å². The van der Waals surface area contributed by atoms with Gasteiger partial charge in [-0.15, -0.1) is 0 Å². The van der Waals surface area contributed by atoms with Crippen LogP contribution in [-0.4, -0.2) is 31.1 Å². The smallest absolute Gasteiger partial charge is 0.333 e. The summed E-state index contributed by atoms with van der Waals surface area (Å²) in [5.74, 6) is 0.223. The molecule has 2 aromatic carbocycles. The molecule has 192 valence electrons. The standard InChI is InChI=1S/C30H28ClN5O2/c1-19-25(16-22(31)17-33-19)29(37)34-23-10-8-20(9-11-23)18-35-27-6-2-3-7-28(27)36(30(35)38)24-12-13-26-21(15-24)5-4-14-32-26/h2-7,12-17,20,23H,8-11,18H2,1H3,(H,34,37). The molecule has 1 aliphatic rings. The second-order valence-electron chi connectivity index (χ2n) is 10.1. The minimum Gasteiger partial charge on any atom is -0.349 e. The molecule has 0 atom stereocenters. The van der Waals surface area contributed by atoms with Crippen LogP contribution in [-0.2, 0) is 6.54 Å². The summed E-state index contributed by atoms with van der Waals surface area (Å²) in [4.78, 5) is 35.2. The van der Waals surface area contributed by atoms with Gasteiger partial charge in [-0.1, -0.05) is 29.8 Å². The number of nitrogens with zero attached hydrogens (tertiary/aromatic N) is 4. The largest absolute Gasteiger partial charge is 0.349 e. The van der Waals surface area contributed by atoms with E-state index >= 15 is 0 Å². The number of hydrogen-bond acceptors (Lipinski definition) is 4. The average Bonchev–Trinajstić information content (AvgIpc) is 3.21. The number of benzene rings is 2. The molecule has 0 bridgehead atoms. The molecule has 0 aliphatic heterocycles. The van der Waals surface area contributed by atoms with Gasteiger partial charge in [-0.3, -0.25) is 23.9 Å². The molecule has 8 heteroatoms. The molecule has 38 heavy (non-hydrogen) atoms. The van der Waals surface area contributed by atoms with E-state index in [0.29, 0.717) is 28.7 Å². The SMILES string of the molecule is Cc1ncc(Cl)cc1C(=O)NC1CCC(Cn2c(=O)n(-c3ccc4ncccc4c3)c3ccccc32)CC1. The van der Waals surface area contributed by atoms with E-state index in [0.717, 1.165) is 53.3 Å². The Hall–Kier alpha value is -3.97. The Morgan fingerprint density at radius 1 is 1.00 bits per heavy atom. The van der Waals surface area contributed by atoms with Crippen molar-refractivity contribution in [2.45, 2.75) is 45.2 Å². The van der Waals surface area contributed by atoms with Gasteiger partial charge in [-0.05, 0) is 81.0 Å². The number of carbonyl (C=O) groups is 1. The molecule has 1 N–H and O–H groups in total. The van der Waals surface area contributed by atoms with E-state index < -0.39 is 0 Å². The van der Waals surface area contributed by atoms with Gasteiger partial charge < -0.3 is 5.32 Å². The zero-order valence-electron chi connectivity index (χ0n) is 21.1. The van der Waals surface area contributed by atoms with Crippen molar-refractivity contribution in [1.29, 1.82) is 0 Å². The number of hydrogen-bond donors (Lipinski definition) is 1. The fourth-order valence-electron chi connectivity index (χ4n) is 5.58. The molecule has 0 unspecified atom stereocenters. The number of halogens is 1. The molecule has 3 heterocycles. The van der Waals surface area contributed by atoms with Crippen molar-refractivity contribution >= 4 is 39.4 Å². The van der Waals surface area contributed by atoms with Crippen LogP contribution in [0.25, 0.3) is 27.6 Å². The lowest BCUT2D eigenvalue weighted by atomic mass is 9.85. The molecule has 1 amide bonds. The predicted octanol–water partition coefficient (Wildman–Crippen LogP) is 5.69. The second-order valence-corrected chi connectivity index (χ2v) is 10.5. The number of nitrogens with one attached hydrogen (secondary N) is 1. The minimum absolute atomic E-state index is 0.0335. The summed E-state index contributed by atoms with van der Waals surface area (Å²) in [6, 6.07) is 19.6. The number of aryl methyl sites for hydroxylation is 1. The first kappa shape index (κ1) is 24.4. The highest BCUT2D eigenvalue weighted by Crippen LogP contribution is 2.28. The Morgan fingerprint density at radius 3 is 2.61 bits per heavy atom. The van der Waals surface area contributed by atoms with E-state index in [1.54, 1.807) is 23.0 Å². The first-order valence-corrected chi connectivity index (χ1v) is 13.3. The quantitative estimate of drug-likeness (QED) is 0.320. The Bertz CT molecular complexity index is 1720. The Kier molecular flexibility index (Phi) is 6.45. The van der Waals surface area contributed by atoms with E-state index in [4.69, 9.17) is 11.6 Å². The van der Waals surface area contributed by atoms with E-state index in [2.05, 4.69) is 15.3 Å². The summed E-state index contributed by atoms with van der Waals surface area (Å²) in [6.45, 7) is 2.46. The maximum atomic E-state index is 13.8. The summed E-state index contributed by atoms with van der Waals surface area (Å²) < 4.78 is 3.71. The normalized spacial score (nSPS) is 17.6. The van der Waals surface area contributed by atoms with Crippen LogP contribution in [0.1, 0.15) is 41.7 Å². The van der Waals surface area contributed by atoms with Gasteiger partial charge in [-0.25, -0.2) is 4.79 Å². The van der Waals surface area contributed by atoms with Crippen molar-refractivity contribution in [2.24, 2.45) is 5.92 Å². The number of pyridine rings is 2. The third kappa shape index (κ3) is 4.58. The van der Waals surface area contributed by atoms with Crippen LogP contribution in [0.3, 0.4) is 0 Å². The summed E-state index contributed by atoms with van der Waals surface area (Å²) in [7, 11) is 0. The number of aromatic nitrogens is 4. The maximum Gasteiger partial charge on any atom is 0.333 e. The molecule has 6 rings (SSSR count). The first-order valence-electron chi connectivity index (χ1n) is 13.0. The number of para-hydroxylation sites is 2. The van der Waals surface area contributed by atoms with Crippen molar-refractivity contribution < 1.29 is 4.79 Å². The molecule has 1 saturated carbocycles. The molecule has 0 radical (unpaired) electrons. The molecule has 1 aliphatic carbocycles. The molecular formula is C30H28ClN5O2. The van der Waals surface area contributed by atoms with Gasteiger partial charge in [0.05, 0.1) is 38.5 Å². The number of fused-ring (bicyclic) bond motifs is 2. The highest BCUT2D eigenvalue weighted by Gasteiger charge is 2.25. The second kappa shape index (κ2) is 10.1. The zero-order chi connectivity index (χ0) is 26.2. The lowest BCUT2D eigenvalue weighted by molar-refractivity contribution is 0.0919. The Labute approximate surface area is 225 Å². The van der Waals surface area contributed by atoms with Crippen molar-refractivity contribution in [2.75, 3.05) is 0 Å². The lowest BCUT2D eigenvalue weighted by Crippen LogP contribution is -2.39. The number of rotatable bonds is 5. The third-order valence-corrected chi connectivity index (χ3v) is 7.81. The monoisotopic (exact) mass is 525 g/mol. The maximum absolute atomic E-state index is 13.8. The lowest BCUT2D eigenvalue weighted by Gasteiger charge is -2.29. The van der Waals surface area contributed by atoms with Crippen molar-refractivity contribution in [3.63, 3.8) is 0 Å². The number of amides is 1. The van der Waals surface area contributed by atoms with Crippen molar-refractivity contribution in [1.82, 2.24) is 24.4 Å². The first-order chi connectivity index (χ1) is 18.5. The summed E-state index contributed by atoms with van der Waals surface area (Å²) in [6.07, 6.45) is 6.93. The van der Waals surface area contributed by atoms with E-state index in [1.165, 1.54) is 0 Å². The fraction of sp³-hybridized carbons (Fsp3) is 0.267. The minimum atomic E-state index is -0.133. The highest BCUT2D eigenvalue weighted by atomic mass is 35.5. The van der Waals surface area contributed by atoms with Crippen LogP contribution in [0.4, 0.5) is 0 Å². The van der Waals surface area contributed by atoms with Crippen LogP contribution >= 0.6 is 11.6 Å². The molecular weight excluding hydrogens is 498 g/mol. The van der Waals surface area contributed by atoms with Crippen molar-refractivity contribution in [3.05, 3.63) is 99.8 Å². The third-order valence-electron chi connectivity index (χ3n) is 7.60. The van der Waals surface area contributed by atoms with E-state index in [-0.39, 0.29) is 17.6 Å². The van der Waals surface area contributed by atoms with Gasteiger partial charge >= 0.3 is 5.69 Å². The van der Waals surface area contributed by atoms with Crippen LogP contribution in [0, 0.1) is 12.8 Å². The molecule has 7 nitrogen and oxygen atoms in total. The van der Waals surface area contributed by atoms with Crippen LogP contribution in [0.5, 0.6) is 0 Å². The molecule has 5 aromatic rings. The van der Waals surface area contributed by atoms with E-state index in [1.807, 2.05) is 66.1 Å². The molecule has 1 fully saturated rings. The predicted molar refractivity (Wildman–Crippen MR) is 150 cm³/mol. The van der Waals surface area contributed by atoms with Crippen molar-refractivity contribution in [3.8, 4) is 5.69 Å². The molecule has 0 saturated heterocycles. The fourth-order valence-corrected chi connectivity index (χ4v) is 5.74. The zero-order valence-corrected chi connectivity index (χ0v) is 21.9. The average molecular weight is 526 g/mol. The number of imidazole rings is 1. The van der Waals surface area contributed by atoms with Gasteiger partial charge in [0.15, 0.2) is 0 Å². The van der Waals surface area contributed by atoms with E-state index in [9.17, 15) is 9.59 Å². The van der Waals surface area contributed by atoms with Crippen LogP contribution < -0.4 is 11.0 Å². The summed E-state index contributed by atoms with van der Waals surface area (Å²) in [5.41, 5.74) is 4.72. The van der Waals surface area contributed by atoms with Gasteiger partial charge in [0, 0.05) is 30.4 Å². The van der Waals surface area contributed by atoms with Gasteiger partial charge in [-0.2, -0.15) is 0 Å². The summed E-state index contributed by atoms with van der Waals surface area (Å²) in [5, 5.41) is 4.60. The highest BCUT2D eigenvalue weighted by molar-refractivity contribution is 6.30. The molecule has 3 aromatic heterocycles. The van der Waals surface area contributed by atoms with Gasteiger partial charge in [0.2, 0.25) is 0 Å². The number of carbonyl (C=O) groups excluding carboxylic acids is 1. The van der Waals surface area contributed by atoms with Gasteiger partial charge in [0.1, 0.15) is 0 Å². The van der Waals surface area contributed by atoms with Crippen LogP contribution in [0.15, 0.2) is 77.9 Å². The topological polar surface area (TPSA) is 81.8 Å². The molecule has 0 spiro atoms.